The van der Waals surface area contributed by atoms with E-state index in [1.807, 2.05) is 0 Å². The SMILES string of the molecule is O=C(Nc1ccn(Cc2ccc(OP(=O)(O)O)cc2C(F)(F)F)n1)c1c(F)cccc1F. The zero-order chi connectivity index (χ0) is 23.7. The van der Waals surface area contributed by atoms with Gasteiger partial charge < -0.3 is 9.84 Å². The Morgan fingerprint density at radius 3 is 2.38 bits per heavy atom. The minimum atomic E-state index is -5.06. The van der Waals surface area contributed by atoms with E-state index in [1.165, 1.54) is 12.3 Å². The Hall–Kier alpha value is -3.28. The van der Waals surface area contributed by atoms with Crippen molar-refractivity contribution in [2.24, 2.45) is 0 Å². The number of hydrogen-bond acceptors (Lipinski definition) is 4. The summed E-state index contributed by atoms with van der Waals surface area (Å²) < 4.78 is 83.7. The lowest BCUT2D eigenvalue weighted by Crippen LogP contribution is -2.16. The lowest BCUT2D eigenvalue weighted by molar-refractivity contribution is -0.138. The molecule has 1 heterocycles. The van der Waals surface area contributed by atoms with Gasteiger partial charge in [-0.15, -0.1) is 0 Å². The third kappa shape index (κ3) is 5.69. The van der Waals surface area contributed by atoms with Gasteiger partial charge >= 0.3 is 14.0 Å². The first kappa shape index (κ1) is 23.4. The fourth-order valence-corrected chi connectivity index (χ4v) is 3.12. The number of benzene rings is 2. The van der Waals surface area contributed by atoms with Crippen LogP contribution in [0.4, 0.5) is 27.8 Å². The van der Waals surface area contributed by atoms with E-state index >= 15 is 0 Å². The summed E-state index contributed by atoms with van der Waals surface area (Å²) in [5, 5.41) is 6.00. The Morgan fingerprint density at radius 1 is 1.12 bits per heavy atom. The van der Waals surface area contributed by atoms with Gasteiger partial charge in [0.15, 0.2) is 5.82 Å². The molecule has 0 spiro atoms. The Bertz CT molecular complexity index is 1190. The van der Waals surface area contributed by atoms with Crippen LogP contribution in [-0.2, 0) is 17.3 Å². The first-order valence-electron chi connectivity index (χ1n) is 8.57. The van der Waals surface area contributed by atoms with Crippen LogP contribution in [0, 0.1) is 11.6 Å². The van der Waals surface area contributed by atoms with Gasteiger partial charge in [0.2, 0.25) is 0 Å². The average Bonchev–Trinajstić information content (AvgIpc) is 3.07. The molecule has 0 atom stereocenters. The van der Waals surface area contributed by atoms with Crippen molar-refractivity contribution < 1.29 is 45.6 Å². The summed E-state index contributed by atoms with van der Waals surface area (Å²) in [5.74, 6) is -4.20. The number of nitrogens with zero attached hydrogens (tertiary/aromatic N) is 2. The van der Waals surface area contributed by atoms with Crippen LogP contribution >= 0.6 is 7.82 Å². The first-order chi connectivity index (χ1) is 14.8. The fraction of sp³-hybridized carbons (Fsp3) is 0.111. The molecule has 0 aliphatic rings. The maximum Gasteiger partial charge on any atom is 0.524 e. The lowest BCUT2D eigenvalue weighted by atomic mass is 10.1. The number of halogens is 5. The van der Waals surface area contributed by atoms with Gasteiger partial charge in [-0.05, 0) is 29.8 Å². The molecule has 3 rings (SSSR count). The highest BCUT2D eigenvalue weighted by molar-refractivity contribution is 7.46. The summed E-state index contributed by atoms with van der Waals surface area (Å²) in [6, 6.07) is 6.37. The smallest absolute Gasteiger partial charge is 0.404 e. The van der Waals surface area contributed by atoms with Gasteiger partial charge in [-0.3, -0.25) is 19.3 Å². The molecule has 170 valence electrons. The van der Waals surface area contributed by atoms with E-state index < -0.39 is 55.0 Å². The highest BCUT2D eigenvalue weighted by atomic mass is 31.2. The quantitative estimate of drug-likeness (QED) is 0.366. The van der Waals surface area contributed by atoms with E-state index in [-0.39, 0.29) is 11.4 Å². The summed E-state index contributed by atoms with van der Waals surface area (Å²) in [6.45, 7) is -0.449. The van der Waals surface area contributed by atoms with Crippen LogP contribution in [-0.4, -0.2) is 25.5 Å². The number of rotatable bonds is 6. The van der Waals surface area contributed by atoms with E-state index in [0.717, 1.165) is 35.0 Å². The molecule has 0 fully saturated rings. The number of carbonyl (C=O) groups is 1. The number of aromatic nitrogens is 2. The van der Waals surface area contributed by atoms with E-state index in [4.69, 9.17) is 9.79 Å². The van der Waals surface area contributed by atoms with Crippen molar-refractivity contribution in [2.45, 2.75) is 12.7 Å². The number of phosphoric acid groups is 1. The van der Waals surface area contributed by atoms with Gasteiger partial charge in [-0.2, -0.15) is 18.3 Å². The van der Waals surface area contributed by atoms with Gasteiger partial charge in [0.05, 0.1) is 12.1 Å². The predicted molar refractivity (Wildman–Crippen MR) is 99.8 cm³/mol. The second kappa shape index (κ2) is 8.69. The number of alkyl halides is 3. The lowest BCUT2D eigenvalue weighted by Gasteiger charge is -2.15. The van der Waals surface area contributed by atoms with E-state index in [2.05, 4.69) is 14.9 Å². The molecule has 3 N–H and O–H groups in total. The van der Waals surface area contributed by atoms with Crippen LogP contribution in [0.1, 0.15) is 21.5 Å². The molecule has 0 saturated heterocycles. The molecule has 1 aromatic heterocycles. The summed E-state index contributed by atoms with van der Waals surface area (Å²) >= 11 is 0. The van der Waals surface area contributed by atoms with Gasteiger partial charge in [0.1, 0.15) is 22.9 Å². The Kier molecular flexibility index (Phi) is 6.35. The molecular weight excluding hydrogens is 464 g/mol. The molecule has 32 heavy (non-hydrogen) atoms. The highest BCUT2D eigenvalue weighted by Gasteiger charge is 2.34. The largest absolute Gasteiger partial charge is 0.524 e. The zero-order valence-corrected chi connectivity index (χ0v) is 16.6. The molecule has 0 radical (unpaired) electrons. The predicted octanol–water partition coefficient (Wildman–Crippen LogP) is 3.95. The topological polar surface area (TPSA) is 114 Å². The van der Waals surface area contributed by atoms with Crippen LogP contribution in [0.3, 0.4) is 0 Å². The average molecular weight is 477 g/mol. The minimum absolute atomic E-state index is 0.173. The molecule has 14 heteroatoms. The van der Waals surface area contributed by atoms with Gasteiger partial charge in [0, 0.05) is 12.3 Å². The normalized spacial score (nSPS) is 12.0. The van der Waals surface area contributed by atoms with Crippen molar-refractivity contribution in [3.8, 4) is 5.75 Å². The number of phosphoric ester groups is 1. The number of amides is 1. The summed E-state index contributed by atoms with van der Waals surface area (Å²) in [5.41, 5.74) is -2.39. The van der Waals surface area contributed by atoms with E-state index in [0.29, 0.717) is 6.07 Å². The summed E-state index contributed by atoms with van der Waals surface area (Å²) in [6.07, 6.45) is -3.66. The third-order valence-electron chi connectivity index (χ3n) is 4.02. The number of hydrogen-bond donors (Lipinski definition) is 3. The molecule has 0 unspecified atom stereocenters. The number of anilines is 1. The van der Waals surface area contributed by atoms with E-state index in [9.17, 15) is 31.3 Å². The monoisotopic (exact) mass is 477 g/mol. The Balaban J connectivity index is 1.82. The van der Waals surface area contributed by atoms with Crippen LogP contribution in [0.5, 0.6) is 5.75 Å². The van der Waals surface area contributed by atoms with Crippen LogP contribution < -0.4 is 9.84 Å². The second-order valence-corrected chi connectivity index (χ2v) is 7.51. The highest BCUT2D eigenvalue weighted by Crippen LogP contribution is 2.41. The van der Waals surface area contributed by atoms with Crippen molar-refractivity contribution in [3.05, 3.63) is 77.0 Å². The van der Waals surface area contributed by atoms with Gasteiger partial charge in [-0.1, -0.05) is 12.1 Å². The maximum absolute atomic E-state index is 13.7. The van der Waals surface area contributed by atoms with Crippen molar-refractivity contribution in [1.29, 1.82) is 0 Å². The molecule has 0 bridgehead atoms. The number of nitrogens with one attached hydrogen (secondary N) is 1. The molecular formula is C18H13F5N3O5P. The zero-order valence-electron chi connectivity index (χ0n) is 15.7. The standard InChI is InChI=1S/C18H13F5N3O5P/c19-13-2-1-3-14(20)16(13)17(27)24-15-6-7-26(25-15)9-10-4-5-11(31-32(28,29)30)8-12(10)18(21,22)23/h1-8H,9H2,(H,24,25,27)(H2,28,29,30). The van der Waals surface area contributed by atoms with Crippen LogP contribution in [0.25, 0.3) is 0 Å². The van der Waals surface area contributed by atoms with Crippen LogP contribution in [0.15, 0.2) is 48.7 Å². The van der Waals surface area contributed by atoms with Crippen molar-refractivity contribution in [1.82, 2.24) is 9.78 Å². The van der Waals surface area contributed by atoms with Crippen molar-refractivity contribution >= 4 is 19.5 Å². The molecule has 0 aliphatic carbocycles. The fourth-order valence-electron chi connectivity index (χ4n) is 2.74. The maximum atomic E-state index is 13.7. The molecule has 3 aromatic rings. The molecule has 8 nitrogen and oxygen atoms in total. The van der Waals surface area contributed by atoms with Crippen molar-refractivity contribution in [2.75, 3.05) is 5.32 Å². The molecule has 1 amide bonds. The van der Waals surface area contributed by atoms with E-state index in [1.54, 1.807) is 0 Å². The van der Waals surface area contributed by atoms with Crippen molar-refractivity contribution in [3.63, 3.8) is 0 Å². The van der Waals surface area contributed by atoms with Crippen LogP contribution in [0.2, 0.25) is 0 Å². The summed E-state index contributed by atoms with van der Waals surface area (Å²) in [4.78, 5) is 29.6. The first-order valence-corrected chi connectivity index (χ1v) is 10.1. The second-order valence-electron chi connectivity index (χ2n) is 6.35. The molecule has 0 aliphatic heterocycles. The minimum Gasteiger partial charge on any atom is -0.404 e. The Morgan fingerprint density at radius 2 is 1.78 bits per heavy atom. The Labute approximate surface area is 176 Å². The van der Waals surface area contributed by atoms with Gasteiger partial charge in [0.25, 0.3) is 5.91 Å². The number of carbonyl (C=O) groups excluding carboxylic acids is 1. The molecule has 2 aromatic carbocycles. The van der Waals surface area contributed by atoms with Gasteiger partial charge in [-0.25, -0.2) is 13.3 Å². The summed E-state index contributed by atoms with van der Waals surface area (Å²) in [7, 11) is -5.06. The third-order valence-corrected chi connectivity index (χ3v) is 4.46. The molecule has 0 saturated carbocycles.